The van der Waals surface area contributed by atoms with Crippen LogP contribution in [0, 0.1) is 0 Å². The quantitative estimate of drug-likeness (QED) is 0.695. The average Bonchev–Trinajstić information content (AvgIpc) is 2.27. The highest BCUT2D eigenvalue weighted by Gasteiger charge is 2.07. The van der Waals surface area contributed by atoms with E-state index in [0.717, 1.165) is 6.04 Å². The summed E-state index contributed by atoms with van der Waals surface area (Å²) < 4.78 is 4.39. The summed E-state index contributed by atoms with van der Waals surface area (Å²) in [7, 11) is 1.27. The molecule has 1 saturated heterocycles. The third-order valence-electron chi connectivity index (χ3n) is 2.21. The molecule has 5 nitrogen and oxygen atoms in total. The molecule has 0 saturated carbocycles. The number of aromatic nitrogens is 1. The Morgan fingerprint density at radius 2 is 2.25 bits per heavy atom. The van der Waals surface area contributed by atoms with E-state index in [4.69, 9.17) is 5.11 Å². The van der Waals surface area contributed by atoms with Crippen LogP contribution in [0.25, 0.3) is 0 Å². The van der Waals surface area contributed by atoms with Gasteiger partial charge < -0.3 is 15.2 Å². The van der Waals surface area contributed by atoms with Gasteiger partial charge in [0.25, 0.3) is 0 Å². The predicted octanol–water partition coefficient (Wildman–Crippen LogP) is 0.942. The second kappa shape index (κ2) is 6.07. The summed E-state index contributed by atoms with van der Waals surface area (Å²) in [5.41, 5.74) is 0.185. The summed E-state index contributed by atoms with van der Waals surface area (Å²) in [6, 6.07) is 3.58. The summed E-state index contributed by atoms with van der Waals surface area (Å²) in [6.07, 6.45) is 2.56. The number of ether oxygens (including phenoxy) is 1. The molecule has 88 valence electrons. The first kappa shape index (κ1) is 12.4. The van der Waals surface area contributed by atoms with Crippen LogP contribution in [-0.4, -0.2) is 35.8 Å². The van der Waals surface area contributed by atoms with E-state index in [9.17, 15) is 4.79 Å². The summed E-state index contributed by atoms with van der Waals surface area (Å²) in [6.45, 7) is 3.44. The van der Waals surface area contributed by atoms with Crippen LogP contribution in [0.3, 0.4) is 0 Å². The third-order valence-corrected chi connectivity index (χ3v) is 2.21. The molecule has 1 aromatic heterocycles. The van der Waals surface area contributed by atoms with Crippen LogP contribution in [0.2, 0.25) is 0 Å². The molecule has 1 fully saturated rings. The number of carbonyl (C=O) groups excluding carboxylic acids is 1. The van der Waals surface area contributed by atoms with Crippen LogP contribution >= 0.6 is 0 Å². The minimum atomic E-state index is -0.509. The zero-order valence-corrected chi connectivity index (χ0v) is 9.43. The first-order valence-corrected chi connectivity index (χ1v) is 5.10. The fourth-order valence-corrected chi connectivity index (χ4v) is 1.04. The van der Waals surface area contributed by atoms with Gasteiger partial charge in [-0.15, -0.1) is 0 Å². The molecule has 2 heterocycles. The van der Waals surface area contributed by atoms with Crippen LogP contribution in [0.15, 0.2) is 18.3 Å². The van der Waals surface area contributed by atoms with Crippen LogP contribution in [0.5, 0.6) is 5.75 Å². The normalized spacial score (nSPS) is 17.8. The minimum Gasteiger partial charge on any atom is -0.506 e. The fraction of sp³-hybridized carbons (Fsp3) is 0.455. The summed E-state index contributed by atoms with van der Waals surface area (Å²) >= 11 is 0. The van der Waals surface area contributed by atoms with Crippen molar-refractivity contribution in [1.29, 1.82) is 0 Å². The highest BCUT2D eigenvalue weighted by molar-refractivity contribution is 5.87. The Morgan fingerprint density at radius 1 is 1.62 bits per heavy atom. The number of methoxy groups -OCH3 is 1. The van der Waals surface area contributed by atoms with Gasteiger partial charge in [-0.25, -0.2) is 9.78 Å². The number of aromatic hydroxyl groups is 1. The van der Waals surface area contributed by atoms with Gasteiger partial charge in [0.05, 0.1) is 13.3 Å². The smallest absolute Gasteiger partial charge is 0.356 e. The molecule has 0 aliphatic carbocycles. The Balaban J connectivity index is 0.000000212. The Labute approximate surface area is 94.5 Å². The van der Waals surface area contributed by atoms with Crippen molar-refractivity contribution in [3.8, 4) is 5.75 Å². The Morgan fingerprint density at radius 3 is 2.56 bits per heavy atom. The molecule has 1 aromatic rings. The van der Waals surface area contributed by atoms with Crippen molar-refractivity contribution in [3.63, 3.8) is 0 Å². The minimum absolute atomic E-state index is 0.0256. The van der Waals surface area contributed by atoms with Crippen LogP contribution in [0.1, 0.15) is 23.8 Å². The number of esters is 1. The Hall–Kier alpha value is -1.62. The number of hydrogen-bond acceptors (Lipinski definition) is 5. The first-order valence-electron chi connectivity index (χ1n) is 5.10. The zero-order chi connectivity index (χ0) is 12.0. The zero-order valence-electron chi connectivity index (χ0n) is 9.43. The van der Waals surface area contributed by atoms with E-state index in [0.29, 0.717) is 0 Å². The number of carbonyl (C=O) groups is 1. The summed E-state index contributed by atoms with van der Waals surface area (Å²) in [4.78, 5) is 14.4. The lowest BCUT2D eigenvalue weighted by Gasteiger charge is -2.22. The number of nitrogens with zero attached hydrogens (tertiary/aromatic N) is 1. The van der Waals surface area contributed by atoms with Gasteiger partial charge in [0.15, 0.2) is 0 Å². The van der Waals surface area contributed by atoms with Crippen molar-refractivity contribution < 1.29 is 14.6 Å². The van der Waals surface area contributed by atoms with E-state index in [1.807, 2.05) is 0 Å². The molecule has 2 rings (SSSR count). The van der Waals surface area contributed by atoms with E-state index < -0.39 is 5.97 Å². The molecular formula is C11H16N2O3. The first-order chi connectivity index (χ1) is 7.63. The molecule has 2 N–H and O–H groups in total. The molecule has 0 bridgehead atoms. The standard InChI is InChI=1S/C7H7NO3.C4H9N/c1-11-7(10)6-3-2-5(9)4-8-6;1-4-2-3-5-4/h2-4,9H,1H3;4-5H,2-3H2,1H3. The maximum absolute atomic E-state index is 10.8. The molecule has 1 aliphatic rings. The molecule has 1 unspecified atom stereocenters. The fourth-order valence-electron chi connectivity index (χ4n) is 1.04. The van der Waals surface area contributed by atoms with Crippen LogP contribution in [0.4, 0.5) is 0 Å². The van der Waals surface area contributed by atoms with Gasteiger partial charge in [0, 0.05) is 6.04 Å². The highest BCUT2D eigenvalue weighted by Crippen LogP contribution is 2.06. The highest BCUT2D eigenvalue weighted by atomic mass is 16.5. The molecule has 16 heavy (non-hydrogen) atoms. The van der Waals surface area contributed by atoms with E-state index in [1.165, 1.54) is 38.4 Å². The maximum Gasteiger partial charge on any atom is 0.356 e. The average molecular weight is 224 g/mol. The monoisotopic (exact) mass is 224 g/mol. The van der Waals surface area contributed by atoms with Crippen molar-refractivity contribution >= 4 is 5.97 Å². The third kappa shape index (κ3) is 3.86. The van der Waals surface area contributed by atoms with Crippen molar-refractivity contribution in [2.24, 2.45) is 0 Å². The topological polar surface area (TPSA) is 71.5 Å². The number of hydrogen-bond donors (Lipinski definition) is 2. The molecule has 0 spiro atoms. The molecule has 0 amide bonds. The molecule has 1 aliphatic heterocycles. The Bertz CT molecular complexity index is 334. The van der Waals surface area contributed by atoms with Crippen molar-refractivity contribution in [2.45, 2.75) is 19.4 Å². The number of rotatable bonds is 1. The number of nitrogens with one attached hydrogen (secondary N) is 1. The predicted molar refractivity (Wildman–Crippen MR) is 59.3 cm³/mol. The molecular weight excluding hydrogens is 208 g/mol. The summed E-state index contributed by atoms with van der Waals surface area (Å²) in [5.74, 6) is -0.484. The van der Waals surface area contributed by atoms with Gasteiger partial charge in [-0.3, -0.25) is 0 Å². The van der Waals surface area contributed by atoms with Gasteiger partial charge in [-0.2, -0.15) is 0 Å². The van der Waals surface area contributed by atoms with Gasteiger partial charge in [-0.05, 0) is 32.0 Å². The SMILES string of the molecule is CC1CCN1.COC(=O)c1ccc(O)cn1. The van der Waals surface area contributed by atoms with Crippen LogP contribution < -0.4 is 5.32 Å². The van der Waals surface area contributed by atoms with E-state index in [1.54, 1.807) is 0 Å². The number of pyridine rings is 1. The van der Waals surface area contributed by atoms with E-state index in [2.05, 4.69) is 22.0 Å². The van der Waals surface area contributed by atoms with Gasteiger partial charge in [0.1, 0.15) is 11.4 Å². The second-order valence-corrected chi connectivity index (χ2v) is 3.54. The molecule has 1 atom stereocenters. The Kier molecular flexibility index (Phi) is 4.72. The van der Waals surface area contributed by atoms with Gasteiger partial charge >= 0.3 is 5.97 Å². The summed E-state index contributed by atoms with van der Waals surface area (Å²) in [5, 5.41) is 12.0. The largest absolute Gasteiger partial charge is 0.506 e. The van der Waals surface area contributed by atoms with Crippen LogP contribution in [-0.2, 0) is 4.74 Å². The van der Waals surface area contributed by atoms with Gasteiger partial charge in [-0.1, -0.05) is 0 Å². The maximum atomic E-state index is 10.8. The second-order valence-electron chi connectivity index (χ2n) is 3.54. The van der Waals surface area contributed by atoms with Crippen molar-refractivity contribution in [3.05, 3.63) is 24.0 Å². The molecule has 0 radical (unpaired) electrons. The lowest BCUT2D eigenvalue weighted by atomic mass is 10.1. The lowest BCUT2D eigenvalue weighted by Crippen LogP contribution is -2.39. The van der Waals surface area contributed by atoms with Gasteiger partial charge in [0.2, 0.25) is 0 Å². The van der Waals surface area contributed by atoms with Crippen molar-refractivity contribution in [2.75, 3.05) is 13.7 Å². The van der Waals surface area contributed by atoms with Crippen molar-refractivity contribution in [1.82, 2.24) is 10.3 Å². The molecule has 5 heteroatoms. The van der Waals surface area contributed by atoms with E-state index in [-0.39, 0.29) is 11.4 Å². The molecule has 0 aromatic carbocycles. The lowest BCUT2D eigenvalue weighted by molar-refractivity contribution is 0.0594. The van der Waals surface area contributed by atoms with E-state index >= 15 is 0 Å².